The number of carboxylic acids is 1. The molecule has 8 atom stereocenters. The SMILES string of the molecule is O=C(O)C1=CN2C3C(CCC4CCCCC43)OC3C(NCCCN4CCOCC4)CCC(C1=O)C32. The fourth-order valence-electron chi connectivity index (χ4n) is 8.21. The van der Waals surface area contributed by atoms with Crippen molar-refractivity contribution in [2.24, 2.45) is 17.8 Å². The van der Waals surface area contributed by atoms with E-state index in [1.54, 1.807) is 6.20 Å². The quantitative estimate of drug-likeness (QED) is 0.435. The Morgan fingerprint density at radius 3 is 2.71 bits per heavy atom. The number of carbonyl (C=O) groups is 2. The zero-order chi connectivity index (χ0) is 23.9. The molecule has 6 rings (SSSR count). The molecule has 3 aliphatic carbocycles. The number of fused-ring (bicyclic) bond motifs is 4. The smallest absolute Gasteiger partial charge is 0.340 e. The molecule has 2 saturated heterocycles. The summed E-state index contributed by atoms with van der Waals surface area (Å²) >= 11 is 0. The molecule has 3 saturated carbocycles. The molecule has 8 nitrogen and oxygen atoms in total. The molecule has 3 aliphatic heterocycles. The van der Waals surface area contributed by atoms with E-state index in [1.165, 1.54) is 32.1 Å². The highest BCUT2D eigenvalue weighted by Crippen LogP contribution is 2.50. The number of morpholine rings is 2. The lowest BCUT2D eigenvalue weighted by molar-refractivity contribution is -0.207. The number of carboxylic acid groups (broad SMARTS) is 1. The van der Waals surface area contributed by atoms with Crippen molar-refractivity contribution in [2.45, 2.75) is 88.1 Å². The summed E-state index contributed by atoms with van der Waals surface area (Å²) in [6, 6.07) is 0.374. The van der Waals surface area contributed by atoms with Gasteiger partial charge in [0.2, 0.25) is 0 Å². The Bertz CT molecular complexity index is 843. The average molecular weight is 488 g/mol. The molecule has 2 N–H and O–H groups in total. The van der Waals surface area contributed by atoms with Crippen LogP contribution in [0, 0.1) is 17.8 Å². The first-order valence-corrected chi connectivity index (χ1v) is 14.1. The van der Waals surface area contributed by atoms with E-state index < -0.39 is 5.97 Å². The van der Waals surface area contributed by atoms with Crippen molar-refractivity contribution in [3.63, 3.8) is 0 Å². The Morgan fingerprint density at radius 2 is 1.89 bits per heavy atom. The molecule has 8 unspecified atom stereocenters. The number of hydrogen-bond acceptors (Lipinski definition) is 7. The van der Waals surface area contributed by atoms with Crippen molar-refractivity contribution in [2.75, 3.05) is 39.4 Å². The summed E-state index contributed by atoms with van der Waals surface area (Å²) in [7, 11) is 0. The van der Waals surface area contributed by atoms with Crippen molar-refractivity contribution in [1.29, 1.82) is 0 Å². The minimum Gasteiger partial charge on any atom is -0.478 e. The van der Waals surface area contributed by atoms with Gasteiger partial charge in [-0.2, -0.15) is 0 Å². The van der Waals surface area contributed by atoms with Crippen LogP contribution in [-0.4, -0.2) is 96.4 Å². The molecule has 194 valence electrons. The highest BCUT2D eigenvalue weighted by atomic mass is 16.5. The van der Waals surface area contributed by atoms with Crippen molar-refractivity contribution >= 4 is 11.8 Å². The van der Waals surface area contributed by atoms with E-state index >= 15 is 0 Å². The van der Waals surface area contributed by atoms with Gasteiger partial charge in [0.25, 0.3) is 0 Å². The van der Waals surface area contributed by atoms with Gasteiger partial charge in [-0.15, -0.1) is 0 Å². The van der Waals surface area contributed by atoms with Gasteiger partial charge in [-0.25, -0.2) is 4.79 Å². The number of carbonyl (C=O) groups excluding carboxylic acids is 1. The van der Waals surface area contributed by atoms with Crippen LogP contribution in [0.25, 0.3) is 0 Å². The first-order valence-electron chi connectivity index (χ1n) is 14.1. The molecule has 0 aromatic heterocycles. The topological polar surface area (TPSA) is 91.3 Å². The molecule has 0 radical (unpaired) electrons. The highest BCUT2D eigenvalue weighted by Gasteiger charge is 2.58. The van der Waals surface area contributed by atoms with Crippen molar-refractivity contribution in [3.05, 3.63) is 11.8 Å². The Kier molecular flexibility index (Phi) is 6.90. The van der Waals surface area contributed by atoms with Gasteiger partial charge in [0.1, 0.15) is 5.57 Å². The lowest BCUT2D eigenvalue weighted by atomic mass is 9.63. The van der Waals surface area contributed by atoms with E-state index in [1.807, 2.05) is 0 Å². The summed E-state index contributed by atoms with van der Waals surface area (Å²) < 4.78 is 12.4. The number of nitrogens with zero attached hydrogens (tertiary/aromatic N) is 2. The molecule has 35 heavy (non-hydrogen) atoms. The average Bonchev–Trinajstić information content (AvgIpc) is 2.88. The van der Waals surface area contributed by atoms with E-state index in [2.05, 4.69) is 15.1 Å². The van der Waals surface area contributed by atoms with Gasteiger partial charge >= 0.3 is 5.97 Å². The fraction of sp³-hybridized carbons (Fsp3) is 0.852. The predicted octanol–water partition coefficient (Wildman–Crippen LogP) is 2.03. The van der Waals surface area contributed by atoms with Crippen molar-refractivity contribution in [3.8, 4) is 0 Å². The molecular formula is C27H41N3O5. The number of ether oxygens (including phenoxy) is 2. The molecule has 0 aromatic carbocycles. The van der Waals surface area contributed by atoms with E-state index in [0.717, 1.165) is 65.1 Å². The van der Waals surface area contributed by atoms with E-state index in [-0.39, 0.29) is 47.6 Å². The second-order valence-corrected chi connectivity index (χ2v) is 11.6. The second kappa shape index (κ2) is 10.1. The summed E-state index contributed by atoms with van der Waals surface area (Å²) in [5, 5.41) is 13.6. The number of hydrogen-bond donors (Lipinski definition) is 2. The third-order valence-corrected chi connectivity index (χ3v) is 9.84. The molecule has 6 aliphatic rings. The number of ketones is 1. The fourth-order valence-corrected chi connectivity index (χ4v) is 8.21. The number of aliphatic carboxylic acids is 1. The summed E-state index contributed by atoms with van der Waals surface area (Å²) in [5.41, 5.74) is -0.0134. The molecular weight excluding hydrogens is 446 g/mol. The lowest BCUT2D eigenvalue weighted by Gasteiger charge is -2.61. The third-order valence-electron chi connectivity index (χ3n) is 9.84. The zero-order valence-corrected chi connectivity index (χ0v) is 20.8. The lowest BCUT2D eigenvalue weighted by Crippen LogP contribution is -2.72. The molecule has 3 heterocycles. The van der Waals surface area contributed by atoms with Gasteiger partial charge in [-0.3, -0.25) is 9.69 Å². The van der Waals surface area contributed by atoms with Gasteiger partial charge in [0, 0.05) is 31.2 Å². The van der Waals surface area contributed by atoms with Gasteiger partial charge in [-0.1, -0.05) is 19.3 Å². The van der Waals surface area contributed by atoms with E-state index in [0.29, 0.717) is 11.8 Å². The van der Waals surface area contributed by atoms with Crippen LogP contribution >= 0.6 is 0 Å². The summed E-state index contributed by atoms with van der Waals surface area (Å²) in [6.07, 6.45) is 11.8. The van der Waals surface area contributed by atoms with Gasteiger partial charge in [0.05, 0.1) is 37.5 Å². The van der Waals surface area contributed by atoms with E-state index in [9.17, 15) is 14.7 Å². The monoisotopic (exact) mass is 487 g/mol. The van der Waals surface area contributed by atoms with Crippen LogP contribution in [0.5, 0.6) is 0 Å². The van der Waals surface area contributed by atoms with Gasteiger partial charge in [-0.05, 0) is 63.5 Å². The first-order chi connectivity index (χ1) is 17.1. The molecule has 5 fully saturated rings. The summed E-state index contributed by atoms with van der Waals surface area (Å²) in [4.78, 5) is 30.1. The maximum absolute atomic E-state index is 13.2. The largest absolute Gasteiger partial charge is 0.478 e. The minimum atomic E-state index is -1.08. The van der Waals surface area contributed by atoms with Crippen LogP contribution in [-0.2, 0) is 19.1 Å². The highest BCUT2D eigenvalue weighted by molar-refractivity contribution is 6.18. The van der Waals surface area contributed by atoms with Crippen molar-refractivity contribution in [1.82, 2.24) is 15.1 Å². The zero-order valence-electron chi connectivity index (χ0n) is 20.8. The summed E-state index contributed by atoms with van der Waals surface area (Å²) in [5.74, 6) is -0.279. The van der Waals surface area contributed by atoms with E-state index in [4.69, 9.17) is 9.47 Å². The first kappa shape index (κ1) is 23.9. The molecule has 0 amide bonds. The maximum atomic E-state index is 13.2. The Labute approximate surface area is 208 Å². The number of Topliss-reactive ketones (excluding diaryl/α,β-unsaturated/α-hetero) is 1. The summed E-state index contributed by atoms with van der Waals surface area (Å²) in [6.45, 7) is 5.69. The third kappa shape index (κ3) is 4.45. The molecule has 8 heteroatoms. The molecule has 0 spiro atoms. The van der Waals surface area contributed by atoms with Crippen LogP contribution in [0.2, 0.25) is 0 Å². The molecule has 0 bridgehead atoms. The number of nitrogens with one attached hydrogen (secondary N) is 1. The minimum absolute atomic E-state index is 0.0134. The predicted molar refractivity (Wildman–Crippen MR) is 130 cm³/mol. The Morgan fingerprint density at radius 1 is 1.06 bits per heavy atom. The number of rotatable bonds is 6. The standard InChI is InChI=1S/C27H41N3O5/c31-25-19-7-8-21(28-10-3-11-29-12-14-34-15-13-29)26-24(19)30(16-20(25)27(32)33)23-18-5-2-1-4-17(18)6-9-22(23)35-26/h16-19,21-24,26,28H,1-15H2,(H,32,33). The Hall–Kier alpha value is -1.48. The van der Waals surface area contributed by atoms with Crippen LogP contribution in [0.1, 0.15) is 57.8 Å². The second-order valence-electron chi connectivity index (χ2n) is 11.6. The van der Waals surface area contributed by atoms with Gasteiger partial charge in [0.15, 0.2) is 5.78 Å². The van der Waals surface area contributed by atoms with Gasteiger partial charge < -0.3 is 24.8 Å². The van der Waals surface area contributed by atoms with Crippen LogP contribution in [0.15, 0.2) is 11.8 Å². The van der Waals surface area contributed by atoms with Crippen molar-refractivity contribution < 1.29 is 24.2 Å². The normalized spacial score (nSPS) is 41.4. The van der Waals surface area contributed by atoms with Crippen LogP contribution in [0.4, 0.5) is 0 Å². The van der Waals surface area contributed by atoms with Crippen LogP contribution < -0.4 is 5.32 Å². The Balaban J connectivity index is 1.21. The van der Waals surface area contributed by atoms with Crippen LogP contribution in [0.3, 0.4) is 0 Å². The molecule has 0 aromatic rings. The maximum Gasteiger partial charge on any atom is 0.340 e.